The van der Waals surface area contributed by atoms with Gasteiger partial charge in [0.25, 0.3) is 0 Å². The minimum atomic E-state index is -0.936. The zero-order chi connectivity index (χ0) is 18.9. The van der Waals surface area contributed by atoms with Crippen molar-refractivity contribution in [2.45, 2.75) is 64.0 Å². The average Bonchev–Trinajstić information content (AvgIpc) is 2.98. The molecule has 0 saturated carbocycles. The summed E-state index contributed by atoms with van der Waals surface area (Å²) >= 11 is 0. The van der Waals surface area contributed by atoms with Crippen molar-refractivity contribution in [2.75, 3.05) is 6.54 Å². The molecule has 2 rings (SSSR count). The molecule has 5 heteroatoms. The SMILES string of the molecule is CCCCC[C@H](O)/C=C/[C@H]1CCC(=O)N1CCc1ccc(C(=O)O)cc1. The first-order valence-electron chi connectivity index (χ1n) is 9.49. The molecule has 0 aromatic heterocycles. The highest BCUT2D eigenvalue weighted by Crippen LogP contribution is 2.21. The third kappa shape index (κ3) is 5.99. The van der Waals surface area contributed by atoms with Crippen molar-refractivity contribution >= 4 is 11.9 Å². The standard InChI is InChI=1S/C21H29NO4/c1-2-3-4-5-19(23)12-10-18-11-13-20(24)22(18)15-14-16-6-8-17(9-7-16)21(25)26/h6-10,12,18-19,23H,2-5,11,13-15H2,1H3,(H,25,26)/b12-10+/t18-,19-/m0/s1. The lowest BCUT2D eigenvalue weighted by atomic mass is 10.1. The molecule has 1 heterocycles. The monoisotopic (exact) mass is 359 g/mol. The van der Waals surface area contributed by atoms with Crippen LogP contribution in [0.15, 0.2) is 36.4 Å². The van der Waals surface area contributed by atoms with Crippen LogP contribution in [0.25, 0.3) is 0 Å². The number of unbranched alkanes of at least 4 members (excludes halogenated alkanes) is 2. The van der Waals surface area contributed by atoms with E-state index in [9.17, 15) is 14.7 Å². The molecule has 0 spiro atoms. The maximum Gasteiger partial charge on any atom is 0.335 e. The number of hydrogen-bond acceptors (Lipinski definition) is 3. The summed E-state index contributed by atoms with van der Waals surface area (Å²) in [4.78, 5) is 24.9. The summed E-state index contributed by atoms with van der Waals surface area (Å²) in [5.41, 5.74) is 1.28. The van der Waals surface area contributed by atoms with Gasteiger partial charge in [0, 0.05) is 13.0 Å². The van der Waals surface area contributed by atoms with E-state index in [1.54, 1.807) is 24.3 Å². The van der Waals surface area contributed by atoms with Crippen molar-refractivity contribution in [2.24, 2.45) is 0 Å². The molecule has 142 valence electrons. The molecule has 2 N–H and O–H groups in total. The Balaban J connectivity index is 1.87. The normalized spacial score (nSPS) is 18.6. The zero-order valence-corrected chi connectivity index (χ0v) is 15.4. The molecule has 0 bridgehead atoms. The van der Waals surface area contributed by atoms with E-state index in [0.29, 0.717) is 19.4 Å². The molecular formula is C21H29NO4. The molecule has 1 saturated heterocycles. The van der Waals surface area contributed by atoms with Crippen molar-refractivity contribution in [3.8, 4) is 0 Å². The number of carbonyl (C=O) groups excluding carboxylic acids is 1. The van der Waals surface area contributed by atoms with Gasteiger partial charge in [-0.1, -0.05) is 50.5 Å². The van der Waals surface area contributed by atoms with Gasteiger partial charge in [-0.2, -0.15) is 0 Å². The molecule has 1 aliphatic heterocycles. The van der Waals surface area contributed by atoms with Crippen LogP contribution >= 0.6 is 0 Å². The van der Waals surface area contributed by atoms with Crippen LogP contribution < -0.4 is 0 Å². The molecule has 0 unspecified atom stereocenters. The maximum absolute atomic E-state index is 12.2. The predicted octanol–water partition coefficient (Wildman–Crippen LogP) is 3.42. The molecule has 1 aromatic rings. The number of aliphatic hydroxyl groups is 1. The Hall–Kier alpha value is -2.14. The summed E-state index contributed by atoms with van der Waals surface area (Å²) in [7, 11) is 0. The highest BCUT2D eigenvalue weighted by molar-refractivity contribution is 5.87. The smallest absolute Gasteiger partial charge is 0.335 e. The molecule has 0 radical (unpaired) electrons. The Morgan fingerprint density at radius 1 is 1.31 bits per heavy atom. The van der Waals surface area contributed by atoms with Crippen molar-refractivity contribution < 1.29 is 19.8 Å². The van der Waals surface area contributed by atoms with E-state index in [1.165, 1.54) is 0 Å². The van der Waals surface area contributed by atoms with E-state index < -0.39 is 12.1 Å². The van der Waals surface area contributed by atoms with Crippen LogP contribution in [0.4, 0.5) is 0 Å². The third-order valence-electron chi connectivity index (χ3n) is 4.88. The van der Waals surface area contributed by atoms with Gasteiger partial charge >= 0.3 is 5.97 Å². The second-order valence-electron chi connectivity index (χ2n) is 6.89. The fourth-order valence-electron chi connectivity index (χ4n) is 3.27. The number of carboxylic acids is 1. The highest BCUT2D eigenvalue weighted by atomic mass is 16.4. The van der Waals surface area contributed by atoms with E-state index in [-0.39, 0.29) is 17.5 Å². The van der Waals surface area contributed by atoms with Gasteiger partial charge in [-0.25, -0.2) is 4.79 Å². The number of rotatable bonds is 10. The maximum atomic E-state index is 12.2. The summed E-state index contributed by atoms with van der Waals surface area (Å²) in [6.45, 7) is 2.74. The third-order valence-corrected chi connectivity index (χ3v) is 4.88. The molecule has 2 atom stereocenters. The van der Waals surface area contributed by atoms with Crippen molar-refractivity contribution in [3.05, 3.63) is 47.5 Å². The number of nitrogens with zero attached hydrogens (tertiary/aromatic N) is 1. The number of likely N-dealkylation sites (tertiary alicyclic amines) is 1. The van der Waals surface area contributed by atoms with Crippen LogP contribution in [0, 0.1) is 0 Å². The Bertz CT molecular complexity index is 623. The number of aromatic carboxylic acids is 1. The van der Waals surface area contributed by atoms with Gasteiger partial charge in [0.05, 0.1) is 17.7 Å². The quantitative estimate of drug-likeness (QED) is 0.496. The first-order valence-corrected chi connectivity index (χ1v) is 9.49. The number of amides is 1. The second kappa shape index (κ2) is 10.1. The van der Waals surface area contributed by atoms with Gasteiger partial charge < -0.3 is 15.1 Å². The summed E-state index contributed by atoms with van der Waals surface area (Å²) in [5, 5.41) is 19.0. The molecule has 5 nitrogen and oxygen atoms in total. The van der Waals surface area contributed by atoms with E-state index in [4.69, 9.17) is 5.11 Å². The highest BCUT2D eigenvalue weighted by Gasteiger charge is 2.28. The Morgan fingerprint density at radius 2 is 2.04 bits per heavy atom. The van der Waals surface area contributed by atoms with Gasteiger partial charge in [0.15, 0.2) is 0 Å². The van der Waals surface area contributed by atoms with E-state index in [2.05, 4.69) is 6.92 Å². The van der Waals surface area contributed by atoms with Crippen LogP contribution in [0.3, 0.4) is 0 Å². The number of benzene rings is 1. The molecule has 1 aliphatic rings. The van der Waals surface area contributed by atoms with Gasteiger partial charge in [0.1, 0.15) is 0 Å². The van der Waals surface area contributed by atoms with E-state index >= 15 is 0 Å². The van der Waals surface area contributed by atoms with Crippen LogP contribution in [0.5, 0.6) is 0 Å². The lowest BCUT2D eigenvalue weighted by Gasteiger charge is -2.22. The van der Waals surface area contributed by atoms with E-state index in [1.807, 2.05) is 17.1 Å². The average molecular weight is 359 g/mol. The summed E-state index contributed by atoms with van der Waals surface area (Å²) < 4.78 is 0. The van der Waals surface area contributed by atoms with Crippen LogP contribution in [-0.2, 0) is 11.2 Å². The predicted molar refractivity (Wildman–Crippen MR) is 101 cm³/mol. The summed E-state index contributed by atoms with van der Waals surface area (Å²) in [5.74, 6) is -0.795. The van der Waals surface area contributed by atoms with Gasteiger partial charge in [0.2, 0.25) is 5.91 Å². The minimum absolute atomic E-state index is 0.0432. The summed E-state index contributed by atoms with van der Waals surface area (Å²) in [6, 6.07) is 6.82. The first kappa shape index (κ1) is 20.2. The Kier molecular flexibility index (Phi) is 7.85. The summed E-state index contributed by atoms with van der Waals surface area (Å²) in [6.07, 6.45) is 9.41. The van der Waals surface area contributed by atoms with Crippen molar-refractivity contribution in [3.63, 3.8) is 0 Å². The van der Waals surface area contributed by atoms with Gasteiger partial charge in [-0.15, -0.1) is 0 Å². The number of carbonyl (C=O) groups is 2. The number of hydrogen-bond donors (Lipinski definition) is 2. The second-order valence-corrected chi connectivity index (χ2v) is 6.89. The topological polar surface area (TPSA) is 77.8 Å². The minimum Gasteiger partial charge on any atom is -0.478 e. The lowest BCUT2D eigenvalue weighted by molar-refractivity contribution is -0.128. The lowest BCUT2D eigenvalue weighted by Crippen LogP contribution is -2.33. The fourth-order valence-corrected chi connectivity index (χ4v) is 3.27. The molecule has 26 heavy (non-hydrogen) atoms. The number of aliphatic hydroxyl groups excluding tert-OH is 1. The van der Waals surface area contributed by atoms with Crippen molar-refractivity contribution in [1.82, 2.24) is 4.90 Å². The van der Waals surface area contributed by atoms with E-state index in [0.717, 1.165) is 37.7 Å². The van der Waals surface area contributed by atoms with Gasteiger partial charge in [-0.05, 0) is 37.0 Å². The fraction of sp³-hybridized carbons (Fsp3) is 0.524. The zero-order valence-electron chi connectivity index (χ0n) is 15.4. The molecular weight excluding hydrogens is 330 g/mol. The number of carboxylic acid groups (broad SMARTS) is 1. The molecule has 0 aliphatic carbocycles. The molecule has 1 aromatic carbocycles. The Morgan fingerprint density at radius 3 is 2.69 bits per heavy atom. The van der Waals surface area contributed by atoms with Crippen LogP contribution in [0.2, 0.25) is 0 Å². The first-order chi connectivity index (χ1) is 12.5. The molecule has 1 amide bonds. The van der Waals surface area contributed by atoms with Crippen LogP contribution in [-0.4, -0.2) is 45.7 Å². The van der Waals surface area contributed by atoms with Gasteiger partial charge in [-0.3, -0.25) is 4.79 Å². The van der Waals surface area contributed by atoms with Crippen LogP contribution in [0.1, 0.15) is 61.4 Å². The van der Waals surface area contributed by atoms with Crippen molar-refractivity contribution in [1.29, 1.82) is 0 Å². The molecule has 1 fully saturated rings. The largest absolute Gasteiger partial charge is 0.478 e. The Labute approximate surface area is 155 Å².